The minimum absolute atomic E-state index is 0.0131. The summed E-state index contributed by atoms with van der Waals surface area (Å²) in [5.41, 5.74) is 0.218. The first-order chi connectivity index (χ1) is 16.3. The Bertz CT molecular complexity index is 867. The molecule has 3 rings (SSSR count). The fraction of sp³-hybridized carbons (Fsp3) is 0.609. The van der Waals surface area contributed by atoms with Crippen LogP contribution in [0.4, 0.5) is 8.78 Å². The highest BCUT2D eigenvalue weighted by atomic mass is 19.1. The van der Waals surface area contributed by atoms with Gasteiger partial charge in [0.25, 0.3) is 0 Å². The molecule has 188 valence electrons. The topological polar surface area (TPSA) is 120 Å². The van der Waals surface area contributed by atoms with Gasteiger partial charge >= 0.3 is 0 Å². The van der Waals surface area contributed by atoms with Crippen molar-refractivity contribution in [1.82, 2.24) is 20.9 Å². The van der Waals surface area contributed by atoms with Gasteiger partial charge in [0.2, 0.25) is 17.7 Å². The Morgan fingerprint density at radius 2 is 1.97 bits per heavy atom. The number of halogens is 2. The molecule has 0 spiro atoms. The molecule has 11 heteroatoms. The Hall–Kier alpha value is -2.63. The van der Waals surface area contributed by atoms with Crippen molar-refractivity contribution < 1.29 is 33.0 Å². The van der Waals surface area contributed by atoms with E-state index in [0.717, 1.165) is 24.6 Å². The Kier molecular flexibility index (Phi) is 9.31. The number of nitrogens with zero attached hydrogens (tertiary/aromatic N) is 1. The first-order valence-electron chi connectivity index (χ1n) is 11.6. The summed E-state index contributed by atoms with van der Waals surface area (Å²) >= 11 is 0. The number of rotatable bonds is 11. The number of carbonyl (C=O) groups excluding carboxylic acids is 3. The molecular weight excluding hydrogens is 450 g/mol. The Morgan fingerprint density at radius 1 is 1.24 bits per heavy atom. The SMILES string of the molecule is CCCOCCN1CC(C(=O)N[C@@H](Cc2cc(F)cc(F)c2)[C@H](O)[C@@H]2NCCNC2=O)CC1=O. The third kappa shape index (κ3) is 6.94. The van der Waals surface area contributed by atoms with Crippen molar-refractivity contribution in [3.63, 3.8) is 0 Å². The van der Waals surface area contributed by atoms with Gasteiger partial charge < -0.3 is 30.7 Å². The number of amides is 3. The molecule has 1 aromatic carbocycles. The van der Waals surface area contributed by atoms with Crippen LogP contribution < -0.4 is 16.0 Å². The molecule has 34 heavy (non-hydrogen) atoms. The Labute approximate surface area is 197 Å². The van der Waals surface area contributed by atoms with E-state index >= 15 is 0 Å². The van der Waals surface area contributed by atoms with Gasteiger partial charge in [0, 0.05) is 45.3 Å². The molecule has 4 atom stereocenters. The zero-order valence-corrected chi connectivity index (χ0v) is 19.2. The lowest BCUT2D eigenvalue weighted by molar-refractivity contribution is -0.131. The smallest absolute Gasteiger partial charge is 0.239 e. The lowest BCUT2D eigenvalue weighted by Crippen LogP contribution is -2.63. The number of benzene rings is 1. The molecule has 2 fully saturated rings. The molecular formula is C23H32F2N4O5. The zero-order chi connectivity index (χ0) is 24.7. The predicted molar refractivity (Wildman–Crippen MR) is 119 cm³/mol. The summed E-state index contributed by atoms with van der Waals surface area (Å²) in [5, 5.41) is 19.2. The summed E-state index contributed by atoms with van der Waals surface area (Å²) in [6.07, 6.45) is -0.598. The number of hydrogen-bond donors (Lipinski definition) is 4. The number of carbonyl (C=O) groups is 3. The van der Waals surface area contributed by atoms with Crippen LogP contribution in [0.25, 0.3) is 0 Å². The molecule has 2 saturated heterocycles. The van der Waals surface area contributed by atoms with Crippen molar-refractivity contribution in [1.29, 1.82) is 0 Å². The molecule has 0 saturated carbocycles. The minimum atomic E-state index is -1.37. The van der Waals surface area contributed by atoms with Gasteiger partial charge in [0.1, 0.15) is 17.7 Å². The van der Waals surface area contributed by atoms with Gasteiger partial charge in [-0.1, -0.05) is 6.92 Å². The van der Waals surface area contributed by atoms with Crippen LogP contribution in [-0.2, 0) is 25.5 Å². The molecule has 2 aliphatic heterocycles. The summed E-state index contributed by atoms with van der Waals surface area (Å²) in [6.45, 7) is 4.36. The first kappa shape index (κ1) is 26.0. The van der Waals surface area contributed by atoms with Crippen LogP contribution in [0.1, 0.15) is 25.3 Å². The summed E-state index contributed by atoms with van der Waals surface area (Å²) in [6, 6.07) is 0.926. The van der Waals surface area contributed by atoms with Crippen molar-refractivity contribution in [3.05, 3.63) is 35.4 Å². The van der Waals surface area contributed by atoms with Gasteiger partial charge in [0.15, 0.2) is 0 Å². The van der Waals surface area contributed by atoms with Crippen molar-refractivity contribution in [2.45, 2.75) is 44.4 Å². The molecule has 1 aromatic rings. The largest absolute Gasteiger partial charge is 0.389 e. The van der Waals surface area contributed by atoms with Crippen molar-refractivity contribution >= 4 is 17.7 Å². The second-order valence-corrected chi connectivity index (χ2v) is 8.66. The van der Waals surface area contributed by atoms with Crippen LogP contribution in [0.3, 0.4) is 0 Å². The van der Waals surface area contributed by atoms with E-state index in [1.165, 1.54) is 0 Å². The van der Waals surface area contributed by atoms with E-state index in [-0.39, 0.29) is 30.9 Å². The maximum Gasteiger partial charge on any atom is 0.239 e. The average molecular weight is 483 g/mol. The van der Waals surface area contributed by atoms with E-state index in [2.05, 4.69) is 16.0 Å². The Balaban J connectivity index is 1.69. The fourth-order valence-corrected chi connectivity index (χ4v) is 4.25. The number of ether oxygens (including phenoxy) is 1. The highest BCUT2D eigenvalue weighted by molar-refractivity contribution is 5.89. The van der Waals surface area contributed by atoms with Gasteiger partial charge in [-0.3, -0.25) is 14.4 Å². The lowest BCUT2D eigenvalue weighted by atomic mass is 9.94. The van der Waals surface area contributed by atoms with E-state index in [9.17, 15) is 28.3 Å². The van der Waals surface area contributed by atoms with E-state index in [1.54, 1.807) is 4.90 Å². The fourth-order valence-electron chi connectivity index (χ4n) is 4.25. The molecule has 0 aliphatic carbocycles. The molecule has 9 nitrogen and oxygen atoms in total. The quantitative estimate of drug-likeness (QED) is 0.322. The Morgan fingerprint density at radius 3 is 2.65 bits per heavy atom. The highest BCUT2D eigenvalue weighted by Gasteiger charge is 2.39. The second-order valence-electron chi connectivity index (χ2n) is 8.66. The monoisotopic (exact) mass is 482 g/mol. The molecule has 0 bridgehead atoms. The number of nitrogens with one attached hydrogen (secondary N) is 3. The number of aliphatic hydroxyl groups excluding tert-OH is 1. The zero-order valence-electron chi connectivity index (χ0n) is 19.2. The number of likely N-dealkylation sites (tertiary alicyclic amines) is 1. The molecule has 2 heterocycles. The third-order valence-electron chi connectivity index (χ3n) is 5.97. The van der Waals surface area contributed by atoms with Crippen LogP contribution in [0, 0.1) is 17.6 Å². The van der Waals surface area contributed by atoms with Gasteiger partial charge in [-0.2, -0.15) is 0 Å². The molecule has 0 radical (unpaired) electrons. The second kappa shape index (κ2) is 12.2. The van der Waals surface area contributed by atoms with E-state index in [0.29, 0.717) is 32.8 Å². The molecule has 3 amide bonds. The number of piperazine rings is 1. The van der Waals surface area contributed by atoms with Crippen LogP contribution in [0.2, 0.25) is 0 Å². The van der Waals surface area contributed by atoms with Crippen LogP contribution in [0.5, 0.6) is 0 Å². The van der Waals surface area contributed by atoms with E-state index in [4.69, 9.17) is 4.74 Å². The van der Waals surface area contributed by atoms with Crippen LogP contribution in [-0.4, -0.2) is 85.3 Å². The highest BCUT2D eigenvalue weighted by Crippen LogP contribution is 2.20. The third-order valence-corrected chi connectivity index (χ3v) is 5.97. The van der Waals surface area contributed by atoms with Gasteiger partial charge in [-0.25, -0.2) is 8.78 Å². The predicted octanol–water partition coefficient (Wildman–Crippen LogP) is -0.284. The maximum absolute atomic E-state index is 13.7. The standard InChI is InChI=1S/C23H32F2N4O5/c1-2-6-34-7-5-29-13-15(11-19(29)30)22(32)28-18(10-14-8-16(24)12-17(25)9-14)21(31)20-23(33)27-4-3-26-20/h8-9,12,15,18,20-21,26,31H,2-7,10-11,13H2,1H3,(H,27,33)(H,28,32)/t15?,18-,20-,21-/m0/s1. The summed E-state index contributed by atoms with van der Waals surface area (Å²) in [7, 11) is 0. The van der Waals surface area contributed by atoms with Gasteiger partial charge in [-0.15, -0.1) is 0 Å². The molecule has 1 unspecified atom stereocenters. The van der Waals surface area contributed by atoms with Crippen molar-refractivity contribution in [2.24, 2.45) is 5.92 Å². The van der Waals surface area contributed by atoms with Crippen LogP contribution in [0.15, 0.2) is 18.2 Å². The normalized spacial score (nSPS) is 22.4. The minimum Gasteiger partial charge on any atom is -0.389 e. The number of hydrogen-bond acceptors (Lipinski definition) is 6. The van der Waals surface area contributed by atoms with Crippen molar-refractivity contribution in [2.75, 3.05) is 39.4 Å². The summed E-state index contributed by atoms with van der Waals surface area (Å²) < 4.78 is 32.9. The first-order valence-corrected chi connectivity index (χ1v) is 11.6. The summed E-state index contributed by atoms with van der Waals surface area (Å²) in [4.78, 5) is 39.1. The average Bonchev–Trinajstić information content (AvgIpc) is 3.16. The molecule has 2 aliphatic rings. The van der Waals surface area contributed by atoms with E-state index in [1.807, 2.05) is 6.92 Å². The lowest BCUT2D eigenvalue weighted by Gasteiger charge is -2.33. The van der Waals surface area contributed by atoms with Gasteiger partial charge in [-0.05, 0) is 30.5 Å². The van der Waals surface area contributed by atoms with Crippen LogP contribution >= 0.6 is 0 Å². The van der Waals surface area contributed by atoms with Crippen molar-refractivity contribution in [3.8, 4) is 0 Å². The molecule has 0 aromatic heterocycles. The van der Waals surface area contributed by atoms with Gasteiger partial charge in [0.05, 0.1) is 24.7 Å². The molecule has 4 N–H and O–H groups in total. The van der Waals surface area contributed by atoms with E-state index < -0.39 is 47.6 Å². The summed E-state index contributed by atoms with van der Waals surface area (Å²) in [5.74, 6) is -3.29. The maximum atomic E-state index is 13.7. The number of aliphatic hydroxyl groups is 1.